The minimum atomic E-state index is -4.51. The fourth-order valence-corrected chi connectivity index (χ4v) is 2.61. The molecule has 1 N–H and O–H groups in total. The summed E-state index contributed by atoms with van der Waals surface area (Å²) in [6, 6.07) is 3.57. The van der Waals surface area contributed by atoms with E-state index in [-0.39, 0.29) is 17.9 Å². The average Bonchev–Trinajstić information content (AvgIpc) is 2.83. The molecule has 0 fully saturated rings. The lowest BCUT2D eigenvalue weighted by molar-refractivity contribution is -0.139. The van der Waals surface area contributed by atoms with Crippen LogP contribution >= 0.6 is 11.3 Å². The number of halogens is 3. The highest BCUT2D eigenvalue weighted by atomic mass is 32.1. The van der Waals surface area contributed by atoms with Gasteiger partial charge in [-0.05, 0) is 24.6 Å². The Bertz CT molecular complexity index is 611. The summed E-state index contributed by atoms with van der Waals surface area (Å²) in [7, 11) is 0. The Balaban J connectivity index is 2.10. The number of hydrogen-bond acceptors (Lipinski definition) is 4. The number of benzene rings is 1. The first-order valence-electron chi connectivity index (χ1n) is 6.24. The molecule has 0 aliphatic heterocycles. The number of ether oxygens (including phenoxy) is 1. The maximum atomic E-state index is 13.0. The maximum absolute atomic E-state index is 13.0. The number of aliphatic hydroxyl groups is 1. The number of alkyl halides is 3. The molecule has 0 radical (unpaired) electrons. The molecule has 21 heavy (non-hydrogen) atoms. The van der Waals surface area contributed by atoms with Crippen LogP contribution in [0.25, 0.3) is 0 Å². The van der Waals surface area contributed by atoms with Crippen molar-refractivity contribution in [1.82, 2.24) is 4.98 Å². The lowest BCUT2D eigenvalue weighted by Gasteiger charge is -2.15. The van der Waals surface area contributed by atoms with Crippen LogP contribution in [0, 0.1) is 6.92 Å². The van der Waals surface area contributed by atoms with Crippen molar-refractivity contribution in [1.29, 1.82) is 0 Å². The van der Waals surface area contributed by atoms with Gasteiger partial charge in [0, 0.05) is 11.3 Å². The van der Waals surface area contributed by atoms with Gasteiger partial charge in [-0.3, -0.25) is 0 Å². The molecule has 2 rings (SSSR count). The summed E-state index contributed by atoms with van der Waals surface area (Å²) in [5.74, 6) is -0.220. The van der Waals surface area contributed by atoms with Crippen molar-refractivity contribution in [3.05, 3.63) is 45.4 Å². The molecule has 0 unspecified atom stereocenters. The third-order valence-corrected chi connectivity index (χ3v) is 3.96. The number of rotatable bonds is 5. The van der Waals surface area contributed by atoms with E-state index in [0.29, 0.717) is 6.42 Å². The van der Waals surface area contributed by atoms with Crippen LogP contribution in [-0.2, 0) is 19.2 Å². The predicted octanol–water partition coefficient (Wildman–Crippen LogP) is 3.58. The van der Waals surface area contributed by atoms with Gasteiger partial charge in [-0.1, -0.05) is 6.07 Å². The summed E-state index contributed by atoms with van der Waals surface area (Å²) in [5, 5.41) is 8.94. The van der Waals surface area contributed by atoms with Crippen molar-refractivity contribution in [3.8, 4) is 5.75 Å². The minimum absolute atomic E-state index is 0.143. The van der Waals surface area contributed by atoms with E-state index in [9.17, 15) is 13.2 Å². The van der Waals surface area contributed by atoms with Gasteiger partial charge in [-0.2, -0.15) is 13.2 Å². The van der Waals surface area contributed by atoms with Gasteiger partial charge in [0.2, 0.25) is 0 Å². The molecule has 114 valence electrons. The highest BCUT2D eigenvalue weighted by Gasteiger charge is 2.34. The molecule has 3 nitrogen and oxygen atoms in total. The predicted molar refractivity (Wildman–Crippen MR) is 73.4 cm³/mol. The molecule has 0 bridgehead atoms. The third-order valence-electron chi connectivity index (χ3n) is 2.96. The Labute approximate surface area is 124 Å². The van der Waals surface area contributed by atoms with E-state index >= 15 is 0 Å². The first kappa shape index (κ1) is 15.8. The fraction of sp³-hybridized carbons (Fsp3) is 0.357. The van der Waals surface area contributed by atoms with E-state index in [1.165, 1.54) is 23.5 Å². The second-order valence-electron chi connectivity index (χ2n) is 4.45. The van der Waals surface area contributed by atoms with E-state index in [0.717, 1.165) is 16.6 Å². The summed E-state index contributed by atoms with van der Waals surface area (Å²) in [4.78, 5) is 5.07. The average molecular weight is 317 g/mol. The summed E-state index contributed by atoms with van der Waals surface area (Å²) in [6.07, 6.45) is -4.00. The number of nitrogens with zero attached hydrogens (tertiary/aromatic N) is 1. The molecule has 0 atom stereocenters. The van der Waals surface area contributed by atoms with Crippen molar-refractivity contribution in [2.24, 2.45) is 0 Å². The molecule has 1 aromatic heterocycles. The van der Waals surface area contributed by atoms with Crippen molar-refractivity contribution >= 4 is 11.3 Å². The Morgan fingerprint density at radius 3 is 2.67 bits per heavy atom. The van der Waals surface area contributed by atoms with Gasteiger partial charge in [0.25, 0.3) is 0 Å². The normalized spacial score (nSPS) is 11.7. The number of aliphatic hydroxyl groups excluding tert-OH is 1. The van der Waals surface area contributed by atoms with E-state index in [2.05, 4.69) is 4.98 Å². The maximum Gasteiger partial charge on any atom is 0.419 e. The van der Waals surface area contributed by atoms with Gasteiger partial charge in [-0.25, -0.2) is 4.98 Å². The Kier molecular flexibility index (Phi) is 4.84. The quantitative estimate of drug-likeness (QED) is 0.916. The summed E-state index contributed by atoms with van der Waals surface area (Å²) < 4.78 is 44.1. The number of aryl methyl sites for hydroxylation is 1. The van der Waals surface area contributed by atoms with Crippen molar-refractivity contribution in [2.45, 2.75) is 26.1 Å². The smallest absolute Gasteiger partial charge is 0.419 e. The SMILES string of the molecule is Cc1ncsc1CCOc1ccc(CO)cc1C(F)(F)F. The van der Waals surface area contributed by atoms with Gasteiger partial charge in [0.05, 0.1) is 30.0 Å². The molecular formula is C14H14F3NO2S. The molecule has 2 aromatic rings. The van der Waals surface area contributed by atoms with Crippen LogP contribution in [0.3, 0.4) is 0 Å². The van der Waals surface area contributed by atoms with Crippen LogP contribution in [0.15, 0.2) is 23.7 Å². The van der Waals surface area contributed by atoms with Crippen LogP contribution in [0.2, 0.25) is 0 Å². The molecule has 1 aromatic carbocycles. The standard InChI is InChI=1S/C14H14F3NO2S/c1-9-13(21-8-18-9)4-5-20-12-3-2-10(7-19)6-11(12)14(15,16)17/h2-3,6,8,19H,4-5,7H2,1H3. The Morgan fingerprint density at radius 2 is 2.10 bits per heavy atom. The van der Waals surface area contributed by atoms with Crippen molar-refractivity contribution < 1.29 is 23.0 Å². The van der Waals surface area contributed by atoms with E-state index in [4.69, 9.17) is 9.84 Å². The van der Waals surface area contributed by atoms with Gasteiger partial charge in [0.1, 0.15) is 5.75 Å². The molecule has 0 amide bonds. The highest BCUT2D eigenvalue weighted by molar-refractivity contribution is 7.09. The zero-order valence-corrected chi connectivity index (χ0v) is 12.1. The number of thiazole rings is 1. The van der Waals surface area contributed by atoms with Crippen molar-refractivity contribution in [3.63, 3.8) is 0 Å². The largest absolute Gasteiger partial charge is 0.493 e. The van der Waals surface area contributed by atoms with Crippen molar-refractivity contribution in [2.75, 3.05) is 6.61 Å². The fourth-order valence-electron chi connectivity index (χ4n) is 1.84. The number of aromatic nitrogens is 1. The van der Waals surface area contributed by atoms with Crippen LogP contribution in [0.4, 0.5) is 13.2 Å². The monoisotopic (exact) mass is 317 g/mol. The molecule has 1 heterocycles. The van der Waals surface area contributed by atoms with Crippen LogP contribution in [0.5, 0.6) is 5.75 Å². The van der Waals surface area contributed by atoms with Gasteiger partial charge in [0.15, 0.2) is 0 Å². The second kappa shape index (κ2) is 6.44. The first-order valence-corrected chi connectivity index (χ1v) is 7.12. The zero-order valence-electron chi connectivity index (χ0n) is 11.3. The molecule has 0 saturated heterocycles. The second-order valence-corrected chi connectivity index (χ2v) is 5.39. The highest BCUT2D eigenvalue weighted by Crippen LogP contribution is 2.37. The Morgan fingerprint density at radius 1 is 1.33 bits per heavy atom. The lowest BCUT2D eigenvalue weighted by Crippen LogP contribution is -2.11. The topological polar surface area (TPSA) is 42.4 Å². The molecule has 0 aliphatic carbocycles. The lowest BCUT2D eigenvalue weighted by atomic mass is 10.1. The summed E-state index contributed by atoms with van der Waals surface area (Å²) in [5.41, 5.74) is 1.90. The first-order chi connectivity index (χ1) is 9.91. The van der Waals surface area contributed by atoms with E-state index in [1.54, 1.807) is 5.51 Å². The molecular weight excluding hydrogens is 303 g/mol. The Hall–Kier alpha value is -1.60. The van der Waals surface area contributed by atoms with Crippen LogP contribution in [0.1, 0.15) is 21.7 Å². The van der Waals surface area contributed by atoms with Gasteiger partial charge < -0.3 is 9.84 Å². The number of hydrogen-bond donors (Lipinski definition) is 1. The molecule has 7 heteroatoms. The minimum Gasteiger partial charge on any atom is -0.493 e. The molecule has 0 saturated carbocycles. The van der Waals surface area contributed by atoms with E-state index < -0.39 is 18.3 Å². The third kappa shape index (κ3) is 3.95. The molecule has 0 spiro atoms. The van der Waals surface area contributed by atoms with Gasteiger partial charge >= 0.3 is 6.18 Å². The molecule has 0 aliphatic rings. The van der Waals surface area contributed by atoms with E-state index in [1.807, 2.05) is 6.92 Å². The summed E-state index contributed by atoms with van der Waals surface area (Å²) in [6.45, 7) is 1.55. The van der Waals surface area contributed by atoms with Gasteiger partial charge in [-0.15, -0.1) is 11.3 Å². The zero-order chi connectivity index (χ0) is 15.5. The van der Waals surface area contributed by atoms with Crippen LogP contribution in [-0.4, -0.2) is 16.7 Å². The summed E-state index contributed by atoms with van der Waals surface area (Å²) >= 11 is 1.45. The van der Waals surface area contributed by atoms with Crippen LogP contribution < -0.4 is 4.74 Å².